The third-order valence-corrected chi connectivity index (χ3v) is 5.70. The number of fused-ring (bicyclic) bond motifs is 1. The summed E-state index contributed by atoms with van der Waals surface area (Å²) in [6.45, 7) is 2.03. The van der Waals surface area contributed by atoms with Crippen LogP contribution >= 0.6 is 0 Å². The Morgan fingerprint density at radius 3 is 2.55 bits per heavy atom. The summed E-state index contributed by atoms with van der Waals surface area (Å²) in [7, 11) is -6.62. The van der Waals surface area contributed by atoms with Crippen molar-refractivity contribution in [3.63, 3.8) is 0 Å². The molecule has 0 aliphatic carbocycles. The Labute approximate surface area is 119 Å². The van der Waals surface area contributed by atoms with Gasteiger partial charge in [-0.05, 0) is 43.5 Å². The van der Waals surface area contributed by atoms with Crippen LogP contribution in [-0.2, 0) is 26.5 Å². The van der Waals surface area contributed by atoms with Crippen LogP contribution in [0.3, 0.4) is 0 Å². The van der Waals surface area contributed by atoms with Crippen LogP contribution in [0.2, 0.25) is 0 Å². The minimum absolute atomic E-state index is 0.000447. The Balaban J connectivity index is 2.38. The second-order valence-electron chi connectivity index (χ2n) is 4.79. The third kappa shape index (κ3) is 3.24. The molecule has 112 valence electrons. The number of aryl methyl sites for hydroxylation is 1. The van der Waals surface area contributed by atoms with E-state index >= 15 is 0 Å². The minimum atomic E-state index is -3.32. The summed E-state index contributed by atoms with van der Waals surface area (Å²) in [6.07, 6.45) is 2.64. The SMILES string of the molecule is CCS(=O)(=O)Nc1ccc2c(c1)CCCN2S(C)(=O)=O. The molecule has 0 bridgehead atoms. The van der Waals surface area contributed by atoms with Gasteiger partial charge in [-0.3, -0.25) is 9.03 Å². The van der Waals surface area contributed by atoms with Crippen molar-refractivity contribution in [3.05, 3.63) is 23.8 Å². The summed E-state index contributed by atoms with van der Waals surface area (Å²) in [5.74, 6) is -0.000447. The summed E-state index contributed by atoms with van der Waals surface area (Å²) >= 11 is 0. The maximum Gasteiger partial charge on any atom is 0.232 e. The number of nitrogens with one attached hydrogen (secondary N) is 1. The van der Waals surface area contributed by atoms with Crippen LogP contribution in [0.1, 0.15) is 18.9 Å². The molecule has 0 amide bonds. The second kappa shape index (κ2) is 5.25. The molecule has 0 spiro atoms. The maximum absolute atomic E-state index is 11.7. The van der Waals surface area contributed by atoms with Gasteiger partial charge in [-0.15, -0.1) is 0 Å². The molecule has 1 aliphatic rings. The van der Waals surface area contributed by atoms with E-state index in [-0.39, 0.29) is 5.75 Å². The smallest absolute Gasteiger partial charge is 0.232 e. The Morgan fingerprint density at radius 1 is 1.25 bits per heavy atom. The van der Waals surface area contributed by atoms with Crippen molar-refractivity contribution >= 4 is 31.4 Å². The zero-order chi connectivity index (χ0) is 15.0. The monoisotopic (exact) mass is 318 g/mol. The van der Waals surface area contributed by atoms with E-state index < -0.39 is 20.0 Å². The molecule has 0 atom stereocenters. The highest BCUT2D eigenvalue weighted by molar-refractivity contribution is 7.92. The molecular formula is C12H18N2O4S2. The molecule has 0 fully saturated rings. The first-order chi connectivity index (χ1) is 9.23. The summed E-state index contributed by atoms with van der Waals surface area (Å²) in [4.78, 5) is 0. The van der Waals surface area contributed by atoms with E-state index in [9.17, 15) is 16.8 Å². The average molecular weight is 318 g/mol. The summed E-state index contributed by atoms with van der Waals surface area (Å²) in [6, 6.07) is 4.96. The summed E-state index contributed by atoms with van der Waals surface area (Å²) < 4.78 is 50.4. The molecule has 1 aromatic rings. The minimum Gasteiger partial charge on any atom is -0.284 e. The van der Waals surface area contributed by atoms with Crippen molar-refractivity contribution in [3.8, 4) is 0 Å². The lowest BCUT2D eigenvalue weighted by Gasteiger charge is -2.29. The fourth-order valence-electron chi connectivity index (χ4n) is 2.22. The van der Waals surface area contributed by atoms with Crippen LogP contribution in [0.25, 0.3) is 0 Å². The van der Waals surface area contributed by atoms with Crippen molar-refractivity contribution in [1.82, 2.24) is 0 Å². The Morgan fingerprint density at radius 2 is 1.95 bits per heavy atom. The number of anilines is 2. The van der Waals surface area contributed by atoms with Gasteiger partial charge in [0, 0.05) is 12.2 Å². The zero-order valence-corrected chi connectivity index (χ0v) is 13.1. The van der Waals surface area contributed by atoms with Gasteiger partial charge in [-0.1, -0.05) is 0 Å². The molecule has 6 nitrogen and oxygen atoms in total. The Hall–Kier alpha value is -1.28. The molecule has 0 aromatic heterocycles. The highest BCUT2D eigenvalue weighted by atomic mass is 32.2. The standard InChI is InChI=1S/C12H18N2O4S2/c1-3-20(17,18)13-11-6-7-12-10(9-11)5-4-8-14(12)19(2,15)16/h6-7,9,13H,3-5,8H2,1-2H3. The number of nitrogens with zero attached hydrogens (tertiary/aromatic N) is 1. The number of benzene rings is 1. The topological polar surface area (TPSA) is 83.6 Å². The third-order valence-electron chi connectivity index (χ3n) is 3.21. The van der Waals surface area contributed by atoms with Crippen LogP contribution in [0.4, 0.5) is 11.4 Å². The lowest BCUT2D eigenvalue weighted by atomic mass is 10.0. The van der Waals surface area contributed by atoms with E-state index in [1.807, 2.05) is 0 Å². The van der Waals surface area contributed by atoms with Gasteiger partial charge in [-0.25, -0.2) is 16.8 Å². The molecule has 0 unspecified atom stereocenters. The van der Waals surface area contributed by atoms with Gasteiger partial charge in [0.05, 0.1) is 17.7 Å². The number of rotatable bonds is 4. The largest absolute Gasteiger partial charge is 0.284 e. The molecule has 1 aromatic carbocycles. The van der Waals surface area contributed by atoms with Crippen LogP contribution in [0.15, 0.2) is 18.2 Å². The van der Waals surface area contributed by atoms with E-state index in [1.54, 1.807) is 25.1 Å². The molecule has 1 N–H and O–H groups in total. The first-order valence-electron chi connectivity index (χ1n) is 6.34. The molecule has 2 rings (SSSR count). The van der Waals surface area contributed by atoms with Gasteiger partial charge >= 0.3 is 0 Å². The van der Waals surface area contributed by atoms with Crippen molar-refractivity contribution in [2.45, 2.75) is 19.8 Å². The van der Waals surface area contributed by atoms with Gasteiger partial charge in [0.25, 0.3) is 0 Å². The molecule has 1 aliphatic heterocycles. The summed E-state index contributed by atoms with van der Waals surface area (Å²) in [5.41, 5.74) is 1.96. The van der Waals surface area contributed by atoms with E-state index in [2.05, 4.69) is 4.72 Å². The lowest BCUT2D eigenvalue weighted by molar-refractivity contribution is 0.592. The lowest BCUT2D eigenvalue weighted by Crippen LogP contribution is -2.34. The molecule has 20 heavy (non-hydrogen) atoms. The van der Waals surface area contributed by atoms with Gasteiger partial charge in [0.2, 0.25) is 20.0 Å². The predicted molar refractivity (Wildman–Crippen MR) is 80.0 cm³/mol. The molecular weight excluding hydrogens is 300 g/mol. The van der Waals surface area contributed by atoms with E-state index in [4.69, 9.17) is 0 Å². The van der Waals surface area contributed by atoms with Gasteiger partial charge in [-0.2, -0.15) is 0 Å². The predicted octanol–water partition coefficient (Wildman–Crippen LogP) is 1.16. The normalized spacial score (nSPS) is 15.8. The van der Waals surface area contributed by atoms with Crippen LogP contribution in [-0.4, -0.2) is 35.4 Å². The highest BCUT2D eigenvalue weighted by Gasteiger charge is 2.24. The van der Waals surface area contributed by atoms with E-state index in [1.165, 1.54) is 10.6 Å². The van der Waals surface area contributed by atoms with Crippen molar-refractivity contribution < 1.29 is 16.8 Å². The molecule has 1 heterocycles. The Bertz CT molecular complexity index is 711. The molecule has 8 heteroatoms. The Kier molecular flexibility index (Phi) is 3.97. The van der Waals surface area contributed by atoms with Gasteiger partial charge in [0.15, 0.2) is 0 Å². The van der Waals surface area contributed by atoms with Crippen molar-refractivity contribution in [1.29, 1.82) is 0 Å². The molecule has 0 radical (unpaired) electrons. The first kappa shape index (κ1) is 15.1. The van der Waals surface area contributed by atoms with Crippen LogP contribution < -0.4 is 9.03 Å². The maximum atomic E-state index is 11.7. The number of hydrogen-bond donors (Lipinski definition) is 1. The molecule has 0 saturated heterocycles. The van der Waals surface area contributed by atoms with Crippen LogP contribution in [0, 0.1) is 0 Å². The van der Waals surface area contributed by atoms with Crippen molar-refractivity contribution in [2.24, 2.45) is 0 Å². The van der Waals surface area contributed by atoms with E-state index in [0.29, 0.717) is 17.9 Å². The van der Waals surface area contributed by atoms with Crippen LogP contribution in [0.5, 0.6) is 0 Å². The number of hydrogen-bond acceptors (Lipinski definition) is 4. The summed E-state index contributed by atoms with van der Waals surface area (Å²) in [5, 5.41) is 0. The first-order valence-corrected chi connectivity index (χ1v) is 9.84. The van der Waals surface area contributed by atoms with Gasteiger partial charge in [0.1, 0.15) is 0 Å². The fraction of sp³-hybridized carbons (Fsp3) is 0.500. The average Bonchev–Trinajstić information content (AvgIpc) is 2.36. The second-order valence-corrected chi connectivity index (χ2v) is 8.71. The van der Waals surface area contributed by atoms with Crippen molar-refractivity contribution in [2.75, 3.05) is 27.6 Å². The quantitative estimate of drug-likeness (QED) is 0.903. The van der Waals surface area contributed by atoms with Gasteiger partial charge < -0.3 is 0 Å². The molecule has 0 saturated carbocycles. The van der Waals surface area contributed by atoms with E-state index in [0.717, 1.165) is 18.4 Å². The number of sulfonamides is 2. The zero-order valence-electron chi connectivity index (χ0n) is 11.5. The fourth-order valence-corrected chi connectivity index (χ4v) is 3.85. The highest BCUT2D eigenvalue weighted by Crippen LogP contribution is 2.31.